The van der Waals surface area contributed by atoms with Crippen molar-refractivity contribution in [3.05, 3.63) is 59.7 Å². The van der Waals surface area contributed by atoms with Crippen LogP contribution in [-0.2, 0) is 10.0 Å². The van der Waals surface area contributed by atoms with Crippen molar-refractivity contribution >= 4 is 27.6 Å². The van der Waals surface area contributed by atoms with Gasteiger partial charge >= 0.3 is 0 Å². The molecule has 0 heterocycles. The smallest absolute Gasteiger partial charge is 0.229 e. The van der Waals surface area contributed by atoms with E-state index < -0.39 is 10.0 Å². The average Bonchev–Trinajstić information content (AvgIpc) is 2.58. The van der Waals surface area contributed by atoms with Gasteiger partial charge < -0.3 is 9.47 Å². The summed E-state index contributed by atoms with van der Waals surface area (Å²) in [5, 5.41) is 0. The number of carbonyl (C=O) groups is 1. The van der Waals surface area contributed by atoms with Crippen LogP contribution in [0.1, 0.15) is 15.9 Å². The first-order valence-corrected chi connectivity index (χ1v) is 9.24. The Morgan fingerprint density at radius 1 is 1.04 bits per heavy atom. The first kappa shape index (κ1) is 18.5. The summed E-state index contributed by atoms with van der Waals surface area (Å²) in [6, 6.07) is 11.6. The number of hydrogen-bond acceptors (Lipinski definition) is 5. The summed E-state index contributed by atoms with van der Waals surface area (Å²) < 4.78 is 35.2. The number of hydrogen-bond donors (Lipinski definition) is 1. The highest BCUT2D eigenvalue weighted by Gasteiger charge is 2.08. The molecule has 0 bridgehead atoms. The summed E-state index contributed by atoms with van der Waals surface area (Å²) in [4.78, 5) is 12.3. The highest BCUT2D eigenvalue weighted by atomic mass is 32.2. The lowest BCUT2D eigenvalue weighted by Crippen LogP contribution is -2.09. The van der Waals surface area contributed by atoms with Gasteiger partial charge in [-0.25, -0.2) is 8.42 Å². The molecule has 0 aliphatic heterocycles. The van der Waals surface area contributed by atoms with Crippen molar-refractivity contribution in [1.82, 2.24) is 0 Å². The first-order chi connectivity index (χ1) is 11.8. The Morgan fingerprint density at radius 2 is 1.72 bits per heavy atom. The predicted molar refractivity (Wildman–Crippen MR) is 97.8 cm³/mol. The number of rotatable bonds is 7. The van der Waals surface area contributed by atoms with Crippen molar-refractivity contribution in [1.29, 1.82) is 0 Å². The van der Waals surface area contributed by atoms with E-state index in [0.29, 0.717) is 28.3 Å². The molecule has 0 radical (unpaired) electrons. The molecule has 0 saturated carbocycles. The lowest BCUT2D eigenvalue weighted by molar-refractivity contribution is 0.104. The second-order valence-electron chi connectivity index (χ2n) is 5.23. The largest absolute Gasteiger partial charge is 0.493 e. The fraction of sp³-hybridized carbons (Fsp3) is 0.167. The zero-order chi connectivity index (χ0) is 18.4. The number of carbonyl (C=O) groups excluding carboxylic acids is 1. The van der Waals surface area contributed by atoms with Crippen LogP contribution < -0.4 is 14.2 Å². The number of para-hydroxylation sites is 1. The third kappa shape index (κ3) is 5.09. The van der Waals surface area contributed by atoms with E-state index >= 15 is 0 Å². The van der Waals surface area contributed by atoms with Crippen molar-refractivity contribution < 1.29 is 22.7 Å². The van der Waals surface area contributed by atoms with E-state index in [1.54, 1.807) is 37.5 Å². The normalized spacial score (nSPS) is 11.3. The van der Waals surface area contributed by atoms with Gasteiger partial charge in [0.05, 0.1) is 20.5 Å². The first-order valence-electron chi connectivity index (χ1n) is 7.35. The number of anilines is 1. The van der Waals surface area contributed by atoms with Gasteiger partial charge in [-0.2, -0.15) is 0 Å². The van der Waals surface area contributed by atoms with Gasteiger partial charge in [-0.1, -0.05) is 12.1 Å². The fourth-order valence-electron chi connectivity index (χ4n) is 2.22. The number of methoxy groups -OCH3 is 2. The van der Waals surface area contributed by atoms with Gasteiger partial charge in [0.1, 0.15) is 0 Å². The lowest BCUT2D eigenvalue weighted by atomic mass is 10.1. The molecule has 1 N–H and O–H groups in total. The van der Waals surface area contributed by atoms with E-state index in [9.17, 15) is 13.2 Å². The van der Waals surface area contributed by atoms with Crippen molar-refractivity contribution in [2.75, 3.05) is 25.2 Å². The molecule has 2 rings (SSSR count). The second kappa shape index (κ2) is 7.85. The number of nitrogens with one attached hydrogen (secondary N) is 1. The van der Waals surface area contributed by atoms with E-state index in [1.807, 2.05) is 6.07 Å². The molecule has 25 heavy (non-hydrogen) atoms. The standard InChI is InChI=1S/C18H19NO5S/c1-23-17-6-4-5-14(18(17)24-2)9-12-16(20)13-7-10-15(11-8-13)19-25(3,21)22/h4-12,19H,1-3H3/b12-9-. The summed E-state index contributed by atoms with van der Waals surface area (Å²) in [5.74, 6) is 0.908. The second-order valence-corrected chi connectivity index (χ2v) is 6.98. The summed E-state index contributed by atoms with van der Waals surface area (Å²) in [6.45, 7) is 0. The maximum absolute atomic E-state index is 12.3. The third-order valence-corrected chi connectivity index (χ3v) is 3.93. The zero-order valence-electron chi connectivity index (χ0n) is 14.1. The van der Waals surface area contributed by atoms with Gasteiger partial charge in [-0.15, -0.1) is 0 Å². The minimum absolute atomic E-state index is 0.212. The van der Waals surface area contributed by atoms with Crippen molar-refractivity contribution in [2.45, 2.75) is 0 Å². The fourth-order valence-corrected chi connectivity index (χ4v) is 2.79. The molecule has 0 amide bonds. The number of ether oxygens (including phenoxy) is 2. The molecule has 0 aliphatic carbocycles. The summed E-state index contributed by atoms with van der Waals surface area (Å²) in [5.41, 5.74) is 1.56. The number of benzene rings is 2. The number of allylic oxidation sites excluding steroid dienone is 1. The Morgan fingerprint density at radius 3 is 2.28 bits per heavy atom. The maximum Gasteiger partial charge on any atom is 0.229 e. The molecule has 0 saturated heterocycles. The van der Waals surface area contributed by atoms with Gasteiger partial charge in [-0.3, -0.25) is 9.52 Å². The maximum atomic E-state index is 12.3. The lowest BCUT2D eigenvalue weighted by Gasteiger charge is -2.09. The van der Waals surface area contributed by atoms with E-state index in [2.05, 4.69) is 4.72 Å². The minimum Gasteiger partial charge on any atom is -0.493 e. The molecular formula is C18H19NO5S. The minimum atomic E-state index is -3.35. The monoisotopic (exact) mass is 361 g/mol. The molecule has 6 nitrogen and oxygen atoms in total. The van der Waals surface area contributed by atoms with E-state index in [4.69, 9.17) is 9.47 Å². The van der Waals surface area contributed by atoms with E-state index in [-0.39, 0.29) is 5.78 Å². The van der Waals surface area contributed by atoms with E-state index in [0.717, 1.165) is 6.26 Å². The predicted octanol–water partition coefficient (Wildman–Crippen LogP) is 2.97. The molecule has 0 aliphatic rings. The van der Waals surface area contributed by atoms with Crippen LogP contribution in [0.3, 0.4) is 0 Å². The zero-order valence-corrected chi connectivity index (χ0v) is 15.0. The Hall–Kier alpha value is -2.80. The highest BCUT2D eigenvalue weighted by Crippen LogP contribution is 2.31. The van der Waals surface area contributed by atoms with Gasteiger partial charge in [0, 0.05) is 16.8 Å². The molecule has 0 atom stereocenters. The van der Waals surface area contributed by atoms with Crippen LogP contribution in [0.5, 0.6) is 11.5 Å². The van der Waals surface area contributed by atoms with Crippen molar-refractivity contribution in [2.24, 2.45) is 0 Å². The molecule has 2 aromatic carbocycles. The molecule has 0 spiro atoms. The Balaban J connectivity index is 2.18. The van der Waals surface area contributed by atoms with Gasteiger partial charge in [-0.05, 0) is 42.5 Å². The van der Waals surface area contributed by atoms with Crippen LogP contribution in [0.2, 0.25) is 0 Å². The SMILES string of the molecule is COc1cccc(/C=C\C(=O)c2ccc(NS(C)(=O)=O)cc2)c1OC. The average molecular weight is 361 g/mol. The van der Waals surface area contributed by atoms with Crippen LogP contribution in [0.15, 0.2) is 48.5 Å². The van der Waals surface area contributed by atoms with Gasteiger partial charge in [0.15, 0.2) is 17.3 Å². The topological polar surface area (TPSA) is 81.7 Å². The Kier molecular flexibility index (Phi) is 5.82. The van der Waals surface area contributed by atoms with Crippen LogP contribution in [0, 0.1) is 0 Å². The number of sulfonamides is 1. The molecule has 0 unspecified atom stereocenters. The van der Waals surface area contributed by atoms with Crippen LogP contribution in [-0.4, -0.2) is 34.7 Å². The molecule has 0 aromatic heterocycles. The Labute approximate surface area is 147 Å². The molecular weight excluding hydrogens is 342 g/mol. The number of ketones is 1. The quantitative estimate of drug-likeness (QED) is 0.606. The van der Waals surface area contributed by atoms with Crippen molar-refractivity contribution in [3.8, 4) is 11.5 Å². The summed E-state index contributed by atoms with van der Waals surface area (Å²) >= 11 is 0. The molecule has 132 valence electrons. The summed E-state index contributed by atoms with van der Waals surface area (Å²) in [7, 11) is -0.269. The van der Waals surface area contributed by atoms with Crippen LogP contribution >= 0.6 is 0 Å². The van der Waals surface area contributed by atoms with Gasteiger partial charge in [0.25, 0.3) is 0 Å². The summed E-state index contributed by atoms with van der Waals surface area (Å²) in [6.07, 6.45) is 4.14. The molecule has 0 fully saturated rings. The molecule has 7 heteroatoms. The highest BCUT2D eigenvalue weighted by molar-refractivity contribution is 7.92. The van der Waals surface area contributed by atoms with Crippen LogP contribution in [0.25, 0.3) is 6.08 Å². The Bertz CT molecular complexity index is 886. The van der Waals surface area contributed by atoms with E-state index in [1.165, 1.54) is 25.3 Å². The molecule has 2 aromatic rings. The van der Waals surface area contributed by atoms with Gasteiger partial charge in [0.2, 0.25) is 10.0 Å². The van der Waals surface area contributed by atoms with Crippen molar-refractivity contribution in [3.63, 3.8) is 0 Å². The third-order valence-electron chi connectivity index (χ3n) is 3.32. The van der Waals surface area contributed by atoms with Crippen LogP contribution in [0.4, 0.5) is 5.69 Å².